The smallest absolute Gasteiger partial charge is 0.225 e. The van der Waals surface area contributed by atoms with Gasteiger partial charge >= 0.3 is 0 Å². The molecule has 2 aromatic rings. The number of rotatable bonds is 7. The molecule has 2 heterocycles. The summed E-state index contributed by atoms with van der Waals surface area (Å²) in [6, 6.07) is 7.92. The highest BCUT2D eigenvalue weighted by atomic mass is 16.5. The molecule has 0 saturated carbocycles. The van der Waals surface area contributed by atoms with Crippen LogP contribution in [0.2, 0.25) is 0 Å². The molecule has 1 fully saturated rings. The fourth-order valence-electron chi connectivity index (χ4n) is 3.26. The van der Waals surface area contributed by atoms with Gasteiger partial charge in [0.2, 0.25) is 5.91 Å². The average Bonchev–Trinajstić information content (AvgIpc) is 3.27. The number of hydrogen-bond donors (Lipinski definition) is 2. The van der Waals surface area contributed by atoms with Crippen LogP contribution in [0, 0.1) is 11.8 Å². The van der Waals surface area contributed by atoms with Crippen molar-refractivity contribution in [3.63, 3.8) is 0 Å². The Hall–Kier alpha value is -2.34. The van der Waals surface area contributed by atoms with E-state index in [1.807, 2.05) is 43.7 Å². The number of aromatic nitrogens is 2. The van der Waals surface area contributed by atoms with Crippen LogP contribution in [0.1, 0.15) is 30.9 Å². The van der Waals surface area contributed by atoms with Crippen molar-refractivity contribution in [1.82, 2.24) is 20.4 Å². The minimum absolute atomic E-state index is 0.0698. The molecule has 1 aliphatic heterocycles. The molecule has 140 valence electrons. The standard InChI is InChI=1S/C20H28N4O2/c1-14(2)13-26-17-6-4-5-15(7-17)8-22-20(25)19-11-21-10-18(19)16-9-23-24(3)12-16/h4-7,9,12,14,18-19,21H,8,10-11,13H2,1-3H3,(H,22,25)/t18-,19+/m1/s1. The number of aryl methyl sites for hydroxylation is 1. The zero-order valence-electron chi connectivity index (χ0n) is 15.7. The number of benzene rings is 1. The third-order valence-electron chi connectivity index (χ3n) is 4.65. The van der Waals surface area contributed by atoms with Crippen molar-refractivity contribution in [2.24, 2.45) is 18.9 Å². The summed E-state index contributed by atoms with van der Waals surface area (Å²) in [4.78, 5) is 12.7. The summed E-state index contributed by atoms with van der Waals surface area (Å²) in [6.45, 7) is 6.95. The van der Waals surface area contributed by atoms with Crippen LogP contribution >= 0.6 is 0 Å². The number of hydrogen-bond acceptors (Lipinski definition) is 4. The minimum atomic E-state index is -0.0698. The van der Waals surface area contributed by atoms with Gasteiger partial charge in [0, 0.05) is 38.8 Å². The quantitative estimate of drug-likeness (QED) is 0.797. The zero-order valence-corrected chi connectivity index (χ0v) is 15.7. The summed E-state index contributed by atoms with van der Waals surface area (Å²) in [7, 11) is 1.90. The third-order valence-corrected chi connectivity index (χ3v) is 4.65. The van der Waals surface area contributed by atoms with Gasteiger partial charge < -0.3 is 15.4 Å². The van der Waals surface area contributed by atoms with Crippen LogP contribution < -0.4 is 15.4 Å². The second-order valence-electron chi connectivity index (χ2n) is 7.39. The van der Waals surface area contributed by atoms with Crippen molar-refractivity contribution >= 4 is 5.91 Å². The molecule has 1 amide bonds. The Kier molecular flexibility index (Phi) is 5.93. The van der Waals surface area contributed by atoms with Crippen molar-refractivity contribution in [1.29, 1.82) is 0 Å². The molecule has 1 aromatic heterocycles. The van der Waals surface area contributed by atoms with Crippen molar-refractivity contribution in [2.75, 3.05) is 19.7 Å². The molecule has 3 rings (SSSR count). The van der Waals surface area contributed by atoms with Crippen LogP contribution in [0.3, 0.4) is 0 Å². The molecule has 0 radical (unpaired) electrons. The van der Waals surface area contributed by atoms with Crippen LogP contribution in [0.4, 0.5) is 0 Å². The Morgan fingerprint density at radius 3 is 3.00 bits per heavy atom. The lowest BCUT2D eigenvalue weighted by molar-refractivity contribution is -0.125. The predicted molar refractivity (Wildman–Crippen MR) is 101 cm³/mol. The van der Waals surface area contributed by atoms with E-state index in [0.717, 1.165) is 23.4 Å². The number of carbonyl (C=O) groups is 1. The van der Waals surface area contributed by atoms with Crippen molar-refractivity contribution in [3.05, 3.63) is 47.8 Å². The topological polar surface area (TPSA) is 68.2 Å². The monoisotopic (exact) mass is 356 g/mol. The van der Waals surface area contributed by atoms with Gasteiger partial charge in [0.05, 0.1) is 18.7 Å². The molecule has 0 unspecified atom stereocenters. The first kappa shape index (κ1) is 18.5. The minimum Gasteiger partial charge on any atom is -0.493 e. The Labute approximate surface area is 154 Å². The first-order chi connectivity index (χ1) is 12.5. The molecule has 6 nitrogen and oxygen atoms in total. The molecule has 1 saturated heterocycles. The molecule has 0 aliphatic carbocycles. The van der Waals surface area contributed by atoms with E-state index in [1.54, 1.807) is 4.68 Å². The van der Waals surface area contributed by atoms with E-state index >= 15 is 0 Å². The second-order valence-corrected chi connectivity index (χ2v) is 7.39. The maximum atomic E-state index is 12.7. The molecule has 2 N–H and O–H groups in total. The number of amides is 1. The first-order valence-electron chi connectivity index (χ1n) is 9.21. The van der Waals surface area contributed by atoms with Gasteiger partial charge in [-0.3, -0.25) is 9.48 Å². The normalized spacial score (nSPS) is 19.7. The average molecular weight is 356 g/mol. The Morgan fingerprint density at radius 2 is 2.27 bits per heavy atom. The van der Waals surface area contributed by atoms with Gasteiger partial charge in [-0.2, -0.15) is 5.10 Å². The van der Waals surface area contributed by atoms with E-state index in [2.05, 4.69) is 29.6 Å². The summed E-state index contributed by atoms with van der Waals surface area (Å²) < 4.78 is 7.54. The largest absolute Gasteiger partial charge is 0.493 e. The molecule has 6 heteroatoms. The second kappa shape index (κ2) is 8.36. The van der Waals surface area contributed by atoms with Crippen LogP contribution in [-0.2, 0) is 18.4 Å². The number of ether oxygens (including phenoxy) is 1. The maximum absolute atomic E-state index is 12.7. The van der Waals surface area contributed by atoms with Crippen molar-refractivity contribution in [2.45, 2.75) is 26.3 Å². The van der Waals surface area contributed by atoms with Crippen LogP contribution in [0.5, 0.6) is 5.75 Å². The van der Waals surface area contributed by atoms with Gasteiger partial charge in [-0.1, -0.05) is 26.0 Å². The number of nitrogens with one attached hydrogen (secondary N) is 2. The summed E-state index contributed by atoms with van der Waals surface area (Å²) in [5.41, 5.74) is 2.16. The highest BCUT2D eigenvalue weighted by Gasteiger charge is 2.34. The molecule has 2 atom stereocenters. The molecule has 1 aliphatic rings. The molecule has 1 aromatic carbocycles. The molecular formula is C20H28N4O2. The van der Waals surface area contributed by atoms with Gasteiger partial charge in [0.25, 0.3) is 0 Å². The van der Waals surface area contributed by atoms with Gasteiger partial charge in [-0.05, 0) is 29.2 Å². The molecule has 0 spiro atoms. The Bertz CT molecular complexity index is 741. The number of carbonyl (C=O) groups excluding carboxylic acids is 1. The summed E-state index contributed by atoms with van der Waals surface area (Å²) in [5.74, 6) is 1.51. The maximum Gasteiger partial charge on any atom is 0.225 e. The van der Waals surface area contributed by atoms with E-state index in [0.29, 0.717) is 25.6 Å². The molecule has 26 heavy (non-hydrogen) atoms. The SMILES string of the molecule is CC(C)COc1cccc(CNC(=O)[C@H]2CNC[C@@H]2c2cnn(C)c2)c1. The fourth-order valence-corrected chi connectivity index (χ4v) is 3.26. The summed E-state index contributed by atoms with van der Waals surface area (Å²) >= 11 is 0. The third kappa shape index (κ3) is 4.64. The fraction of sp³-hybridized carbons (Fsp3) is 0.500. The van der Waals surface area contributed by atoms with Crippen LogP contribution in [-0.4, -0.2) is 35.4 Å². The van der Waals surface area contributed by atoms with Crippen LogP contribution in [0.15, 0.2) is 36.7 Å². The van der Waals surface area contributed by atoms with Crippen molar-refractivity contribution < 1.29 is 9.53 Å². The van der Waals surface area contributed by atoms with E-state index in [-0.39, 0.29) is 17.7 Å². The van der Waals surface area contributed by atoms with Crippen molar-refractivity contribution in [3.8, 4) is 5.75 Å². The van der Waals surface area contributed by atoms with Gasteiger partial charge in [0.1, 0.15) is 5.75 Å². The number of nitrogens with zero attached hydrogens (tertiary/aromatic N) is 2. The lowest BCUT2D eigenvalue weighted by Gasteiger charge is -2.17. The summed E-state index contributed by atoms with van der Waals surface area (Å²) in [5, 5.41) is 10.6. The Morgan fingerprint density at radius 1 is 1.42 bits per heavy atom. The van der Waals surface area contributed by atoms with E-state index in [9.17, 15) is 4.79 Å². The van der Waals surface area contributed by atoms with Gasteiger partial charge in [0.15, 0.2) is 0 Å². The lowest BCUT2D eigenvalue weighted by atomic mass is 9.90. The lowest BCUT2D eigenvalue weighted by Crippen LogP contribution is -2.33. The highest BCUT2D eigenvalue weighted by molar-refractivity contribution is 5.80. The van der Waals surface area contributed by atoms with E-state index < -0.39 is 0 Å². The highest BCUT2D eigenvalue weighted by Crippen LogP contribution is 2.28. The first-order valence-corrected chi connectivity index (χ1v) is 9.21. The summed E-state index contributed by atoms with van der Waals surface area (Å²) in [6.07, 6.45) is 3.85. The predicted octanol–water partition coefficient (Wildman–Crippen LogP) is 2.07. The zero-order chi connectivity index (χ0) is 18.5. The molecule has 0 bridgehead atoms. The molecular weight excluding hydrogens is 328 g/mol. The van der Waals surface area contributed by atoms with Gasteiger partial charge in [-0.15, -0.1) is 0 Å². The Balaban J connectivity index is 1.57. The van der Waals surface area contributed by atoms with E-state index in [1.165, 1.54) is 0 Å². The van der Waals surface area contributed by atoms with Crippen LogP contribution in [0.25, 0.3) is 0 Å². The van der Waals surface area contributed by atoms with Gasteiger partial charge in [-0.25, -0.2) is 0 Å². The van der Waals surface area contributed by atoms with E-state index in [4.69, 9.17) is 4.74 Å².